The standard InChI is InChI=1S/C12H11ClN2O3/c13-9-5-3-8(4-6-9)11(16)15-10(12(17)18)2-1-7-14/h3-6,10H,1-2H2,(H,15,16)(H,17,18)/p-1/t10-/m1/s1. The number of halogens is 1. The Kier molecular flexibility index (Phi) is 5.15. The monoisotopic (exact) mass is 265 g/mol. The molecule has 18 heavy (non-hydrogen) atoms. The van der Waals surface area contributed by atoms with Crippen LogP contribution in [0.25, 0.3) is 0 Å². The van der Waals surface area contributed by atoms with Crippen LogP contribution in [-0.2, 0) is 4.79 Å². The topological polar surface area (TPSA) is 93.0 Å². The van der Waals surface area contributed by atoms with Gasteiger partial charge in [-0.25, -0.2) is 0 Å². The molecular formula is C12H10ClN2O3-. The van der Waals surface area contributed by atoms with Gasteiger partial charge in [0.15, 0.2) is 0 Å². The normalized spacial score (nSPS) is 11.3. The molecule has 0 spiro atoms. The molecule has 0 aromatic heterocycles. The van der Waals surface area contributed by atoms with Crippen LogP contribution in [0.5, 0.6) is 0 Å². The number of nitriles is 1. The third-order valence-corrected chi connectivity index (χ3v) is 2.49. The van der Waals surface area contributed by atoms with E-state index in [1.165, 1.54) is 24.3 Å². The highest BCUT2D eigenvalue weighted by Crippen LogP contribution is 2.09. The molecule has 6 heteroatoms. The molecule has 0 aliphatic heterocycles. The van der Waals surface area contributed by atoms with E-state index >= 15 is 0 Å². The van der Waals surface area contributed by atoms with Gasteiger partial charge < -0.3 is 15.2 Å². The fourth-order valence-electron chi connectivity index (χ4n) is 1.30. The van der Waals surface area contributed by atoms with Gasteiger partial charge in [0.05, 0.1) is 18.1 Å². The molecule has 0 saturated heterocycles. The molecule has 1 N–H and O–H groups in total. The van der Waals surface area contributed by atoms with Crippen molar-refractivity contribution in [3.8, 4) is 6.07 Å². The van der Waals surface area contributed by atoms with Gasteiger partial charge in [0.1, 0.15) is 0 Å². The van der Waals surface area contributed by atoms with E-state index in [0.29, 0.717) is 10.6 Å². The Balaban J connectivity index is 2.69. The number of carbonyl (C=O) groups excluding carboxylic acids is 2. The highest BCUT2D eigenvalue weighted by Gasteiger charge is 2.14. The summed E-state index contributed by atoms with van der Waals surface area (Å²) in [5, 5.41) is 21.9. The Morgan fingerprint density at radius 2 is 2.00 bits per heavy atom. The van der Waals surface area contributed by atoms with Crippen molar-refractivity contribution < 1.29 is 14.7 Å². The molecule has 0 aliphatic carbocycles. The van der Waals surface area contributed by atoms with Crippen molar-refractivity contribution in [2.24, 2.45) is 0 Å². The zero-order valence-corrected chi connectivity index (χ0v) is 10.1. The molecule has 1 rings (SSSR count). The van der Waals surface area contributed by atoms with E-state index in [2.05, 4.69) is 5.32 Å². The van der Waals surface area contributed by atoms with Gasteiger partial charge in [0, 0.05) is 17.0 Å². The molecule has 94 valence electrons. The van der Waals surface area contributed by atoms with Gasteiger partial charge in [0.25, 0.3) is 5.91 Å². The van der Waals surface area contributed by atoms with Gasteiger partial charge in [-0.15, -0.1) is 0 Å². The highest BCUT2D eigenvalue weighted by molar-refractivity contribution is 6.30. The van der Waals surface area contributed by atoms with E-state index in [4.69, 9.17) is 16.9 Å². The minimum atomic E-state index is -1.41. The Morgan fingerprint density at radius 3 is 2.50 bits per heavy atom. The maximum absolute atomic E-state index is 11.7. The first-order valence-electron chi connectivity index (χ1n) is 5.19. The number of nitrogens with zero attached hydrogens (tertiary/aromatic N) is 1. The van der Waals surface area contributed by atoms with Gasteiger partial charge in [-0.3, -0.25) is 4.79 Å². The van der Waals surface area contributed by atoms with Gasteiger partial charge in [-0.05, 0) is 30.7 Å². The number of carboxylic acids is 1. The SMILES string of the molecule is N#CCC[C@@H](NC(=O)c1ccc(Cl)cc1)C(=O)[O-]. The Labute approximate surface area is 109 Å². The average Bonchev–Trinajstić information content (AvgIpc) is 2.34. The number of rotatable bonds is 5. The second-order valence-corrected chi connectivity index (χ2v) is 3.99. The number of hydrogen-bond donors (Lipinski definition) is 1. The molecule has 1 amide bonds. The summed E-state index contributed by atoms with van der Waals surface area (Å²) in [6.07, 6.45) is 0.0394. The van der Waals surface area contributed by atoms with Crippen LogP contribution in [0, 0.1) is 11.3 Å². The number of benzene rings is 1. The van der Waals surface area contributed by atoms with Crippen LogP contribution < -0.4 is 10.4 Å². The van der Waals surface area contributed by atoms with Gasteiger partial charge in [-0.2, -0.15) is 5.26 Å². The van der Waals surface area contributed by atoms with Gasteiger partial charge >= 0.3 is 0 Å². The van der Waals surface area contributed by atoms with E-state index in [0.717, 1.165) is 0 Å². The maximum atomic E-state index is 11.7. The first kappa shape index (κ1) is 14.0. The second-order valence-electron chi connectivity index (χ2n) is 3.55. The highest BCUT2D eigenvalue weighted by atomic mass is 35.5. The van der Waals surface area contributed by atoms with Crippen molar-refractivity contribution in [1.82, 2.24) is 5.32 Å². The molecule has 1 atom stereocenters. The van der Waals surface area contributed by atoms with Crippen LogP contribution in [-0.4, -0.2) is 17.9 Å². The van der Waals surface area contributed by atoms with Crippen molar-refractivity contribution in [2.45, 2.75) is 18.9 Å². The van der Waals surface area contributed by atoms with Gasteiger partial charge in [-0.1, -0.05) is 11.6 Å². The lowest BCUT2D eigenvalue weighted by molar-refractivity contribution is -0.308. The molecule has 0 bridgehead atoms. The van der Waals surface area contributed by atoms with Crippen LogP contribution in [0.3, 0.4) is 0 Å². The second kappa shape index (κ2) is 6.62. The summed E-state index contributed by atoms with van der Waals surface area (Å²) in [6.45, 7) is 0. The average molecular weight is 266 g/mol. The molecule has 0 fully saturated rings. The summed E-state index contributed by atoms with van der Waals surface area (Å²) >= 11 is 5.67. The molecule has 0 unspecified atom stereocenters. The summed E-state index contributed by atoms with van der Waals surface area (Å²) in [4.78, 5) is 22.5. The lowest BCUT2D eigenvalue weighted by atomic mass is 10.1. The Hall–Kier alpha value is -2.06. The van der Waals surface area contributed by atoms with Crippen LogP contribution >= 0.6 is 11.6 Å². The number of carbonyl (C=O) groups is 2. The molecule has 1 aromatic rings. The minimum absolute atomic E-state index is 0.0121. The van der Waals surface area contributed by atoms with E-state index < -0.39 is 17.9 Å². The summed E-state index contributed by atoms with van der Waals surface area (Å²) in [5.41, 5.74) is 0.294. The van der Waals surface area contributed by atoms with E-state index in [9.17, 15) is 14.7 Å². The molecule has 5 nitrogen and oxygen atoms in total. The molecule has 0 aliphatic rings. The van der Waals surface area contributed by atoms with Crippen molar-refractivity contribution in [3.63, 3.8) is 0 Å². The summed E-state index contributed by atoms with van der Waals surface area (Å²) in [6, 6.07) is 6.66. The summed E-state index contributed by atoms with van der Waals surface area (Å²) < 4.78 is 0. The molecule has 0 heterocycles. The van der Waals surface area contributed by atoms with E-state index in [1.54, 1.807) is 0 Å². The fourth-order valence-corrected chi connectivity index (χ4v) is 1.43. The quantitative estimate of drug-likeness (QED) is 0.838. The zero-order valence-electron chi connectivity index (χ0n) is 9.35. The molecular weight excluding hydrogens is 256 g/mol. The maximum Gasteiger partial charge on any atom is 0.251 e. The minimum Gasteiger partial charge on any atom is -0.548 e. The fraction of sp³-hybridized carbons (Fsp3) is 0.250. The Morgan fingerprint density at radius 1 is 1.39 bits per heavy atom. The smallest absolute Gasteiger partial charge is 0.251 e. The number of aliphatic carboxylic acids is 1. The number of nitrogens with one attached hydrogen (secondary N) is 1. The first-order valence-corrected chi connectivity index (χ1v) is 5.56. The lowest BCUT2D eigenvalue weighted by Crippen LogP contribution is -2.47. The molecule has 1 aromatic carbocycles. The number of amides is 1. The summed E-state index contributed by atoms with van der Waals surface area (Å²) in [5.74, 6) is -1.95. The predicted molar refractivity (Wildman–Crippen MR) is 62.6 cm³/mol. The Bertz CT molecular complexity index is 479. The number of carboxylic acid groups (broad SMARTS) is 1. The van der Waals surface area contributed by atoms with Crippen molar-refractivity contribution in [3.05, 3.63) is 34.9 Å². The lowest BCUT2D eigenvalue weighted by Gasteiger charge is -2.18. The van der Waals surface area contributed by atoms with Crippen molar-refractivity contribution in [2.75, 3.05) is 0 Å². The predicted octanol–water partition coefficient (Wildman–Crippen LogP) is 0.492. The third-order valence-electron chi connectivity index (χ3n) is 2.24. The van der Waals surface area contributed by atoms with E-state index in [-0.39, 0.29) is 12.8 Å². The van der Waals surface area contributed by atoms with Gasteiger partial charge in [0.2, 0.25) is 0 Å². The zero-order chi connectivity index (χ0) is 13.5. The summed E-state index contributed by atoms with van der Waals surface area (Å²) in [7, 11) is 0. The van der Waals surface area contributed by atoms with E-state index in [1.807, 2.05) is 6.07 Å². The van der Waals surface area contributed by atoms with Crippen LogP contribution in [0.15, 0.2) is 24.3 Å². The van der Waals surface area contributed by atoms with Crippen molar-refractivity contribution >= 4 is 23.5 Å². The number of hydrogen-bond acceptors (Lipinski definition) is 4. The first-order chi connectivity index (χ1) is 8.54. The van der Waals surface area contributed by atoms with Crippen molar-refractivity contribution in [1.29, 1.82) is 5.26 Å². The molecule has 0 saturated carbocycles. The molecule has 0 radical (unpaired) electrons. The largest absolute Gasteiger partial charge is 0.548 e. The van der Waals surface area contributed by atoms with Crippen LogP contribution in [0.2, 0.25) is 5.02 Å². The van der Waals surface area contributed by atoms with Crippen LogP contribution in [0.1, 0.15) is 23.2 Å². The van der Waals surface area contributed by atoms with Crippen LogP contribution in [0.4, 0.5) is 0 Å². The third kappa shape index (κ3) is 4.07.